The van der Waals surface area contributed by atoms with E-state index in [1.807, 2.05) is 37.3 Å². The number of aryl methyl sites for hydroxylation is 1. The van der Waals surface area contributed by atoms with Gasteiger partial charge in [0.05, 0.1) is 11.2 Å². The van der Waals surface area contributed by atoms with Gasteiger partial charge in [0, 0.05) is 17.8 Å². The van der Waals surface area contributed by atoms with E-state index in [4.69, 9.17) is 17.3 Å². The molecule has 1 heterocycles. The molecule has 2 aromatic carbocycles. The van der Waals surface area contributed by atoms with E-state index in [9.17, 15) is 4.79 Å². The highest BCUT2D eigenvalue weighted by atomic mass is 35.5. The lowest BCUT2D eigenvalue weighted by Gasteiger charge is -2.09. The lowest BCUT2D eigenvalue weighted by atomic mass is 10.0. The van der Waals surface area contributed by atoms with Crippen molar-refractivity contribution in [2.75, 3.05) is 5.73 Å². The molecule has 0 amide bonds. The summed E-state index contributed by atoms with van der Waals surface area (Å²) in [5, 5.41) is 6.41. The summed E-state index contributed by atoms with van der Waals surface area (Å²) in [4.78, 5) is 12.7. The largest absolute Gasteiger partial charge is 0.398 e. The maximum Gasteiger partial charge on any atom is 0.214 e. The average Bonchev–Trinajstić information content (AvgIpc) is 2.86. The highest BCUT2D eigenvalue weighted by molar-refractivity contribution is 6.35. The maximum atomic E-state index is 12.7. The van der Waals surface area contributed by atoms with Gasteiger partial charge >= 0.3 is 0 Å². The fourth-order valence-corrected chi connectivity index (χ4v) is 2.64. The van der Waals surface area contributed by atoms with Crippen molar-refractivity contribution in [3.63, 3.8) is 0 Å². The Kier molecular flexibility index (Phi) is 3.39. The van der Waals surface area contributed by atoms with E-state index in [1.165, 1.54) is 6.20 Å². The predicted octanol–water partition coefficient (Wildman–Crippen LogP) is 3.52. The maximum absolute atomic E-state index is 12.7. The second-order valence-electron chi connectivity index (χ2n) is 4.77. The van der Waals surface area contributed by atoms with Crippen molar-refractivity contribution < 1.29 is 4.79 Å². The molecule has 3 rings (SSSR count). The molecule has 5 heteroatoms. The fourth-order valence-electron chi connectivity index (χ4n) is 2.41. The van der Waals surface area contributed by atoms with Crippen LogP contribution in [-0.2, 0) is 6.54 Å². The van der Waals surface area contributed by atoms with Crippen LogP contribution in [0, 0.1) is 0 Å². The Morgan fingerprint density at radius 1 is 1.29 bits per heavy atom. The minimum absolute atomic E-state index is 0.206. The van der Waals surface area contributed by atoms with Crippen LogP contribution in [0.15, 0.2) is 42.6 Å². The van der Waals surface area contributed by atoms with Crippen molar-refractivity contribution in [2.45, 2.75) is 13.5 Å². The Morgan fingerprint density at radius 3 is 2.62 bits per heavy atom. The van der Waals surface area contributed by atoms with Crippen molar-refractivity contribution >= 4 is 33.8 Å². The molecule has 0 atom stereocenters. The summed E-state index contributed by atoms with van der Waals surface area (Å²) >= 11 is 6.09. The van der Waals surface area contributed by atoms with Crippen molar-refractivity contribution in [1.29, 1.82) is 0 Å². The van der Waals surface area contributed by atoms with Gasteiger partial charge in [0.25, 0.3) is 0 Å². The number of nitrogen functional groups attached to an aromatic ring is 1. The van der Waals surface area contributed by atoms with Crippen LogP contribution < -0.4 is 5.73 Å². The van der Waals surface area contributed by atoms with Gasteiger partial charge in [-0.25, -0.2) is 0 Å². The smallest absolute Gasteiger partial charge is 0.214 e. The molecule has 0 aliphatic carbocycles. The van der Waals surface area contributed by atoms with Crippen molar-refractivity contribution in [3.05, 3.63) is 58.9 Å². The van der Waals surface area contributed by atoms with Gasteiger partial charge in [-0.2, -0.15) is 5.10 Å². The molecule has 106 valence electrons. The average molecular weight is 300 g/mol. The van der Waals surface area contributed by atoms with E-state index in [0.717, 1.165) is 10.8 Å². The second-order valence-corrected chi connectivity index (χ2v) is 5.18. The first-order chi connectivity index (χ1) is 10.1. The zero-order chi connectivity index (χ0) is 15.0. The number of carbonyl (C=O) groups is 1. The normalized spacial score (nSPS) is 11.0. The zero-order valence-corrected chi connectivity index (χ0v) is 12.3. The van der Waals surface area contributed by atoms with E-state index in [1.54, 1.807) is 10.7 Å². The highest BCUT2D eigenvalue weighted by Gasteiger charge is 2.20. The quantitative estimate of drug-likeness (QED) is 0.594. The van der Waals surface area contributed by atoms with Crippen LogP contribution in [0.4, 0.5) is 5.69 Å². The molecular formula is C16H14ClN3O. The number of halogens is 1. The van der Waals surface area contributed by atoms with Gasteiger partial charge in [0.15, 0.2) is 0 Å². The van der Waals surface area contributed by atoms with E-state index < -0.39 is 0 Å². The lowest BCUT2D eigenvalue weighted by Crippen LogP contribution is -2.12. The van der Waals surface area contributed by atoms with Crippen LogP contribution in [0.25, 0.3) is 10.8 Å². The molecule has 4 nitrogen and oxygen atoms in total. The second kappa shape index (κ2) is 5.22. The first-order valence-electron chi connectivity index (χ1n) is 6.66. The number of ketones is 1. The molecular weight excluding hydrogens is 286 g/mol. The van der Waals surface area contributed by atoms with Gasteiger partial charge in [-0.05, 0) is 29.8 Å². The molecule has 0 aliphatic heterocycles. The number of fused-ring (bicyclic) bond motifs is 1. The minimum Gasteiger partial charge on any atom is -0.398 e. The number of rotatable bonds is 3. The summed E-state index contributed by atoms with van der Waals surface area (Å²) in [6, 6.07) is 11.4. The van der Waals surface area contributed by atoms with Crippen LogP contribution in [0.5, 0.6) is 0 Å². The van der Waals surface area contributed by atoms with Gasteiger partial charge < -0.3 is 5.73 Å². The van der Waals surface area contributed by atoms with Gasteiger partial charge in [0.1, 0.15) is 5.69 Å². The molecule has 0 saturated heterocycles. The van der Waals surface area contributed by atoms with Crippen molar-refractivity contribution in [2.24, 2.45) is 0 Å². The topological polar surface area (TPSA) is 60.9 Å². The number of benzene rings is 2. The van der Waals surface area contributed by atoms with E-state index >= 15 is 0 Å². The van der Waals surface area contributed by atoms with Gasteiger partial charge in [-0.3, -0.25) is 9.48 Å². The van der Waals surface area contributed by atoms with Crippen LogP contribution >= 0.6 is 11.6 Å². The molecule has 21 heavy (non-hydrogen) atoms. The Bertz CT molecular complexity index is 839. The standard InChI is InChI=1S/C16H14ClN3O/c1-2-20-15(13(17)9-19-20)16(21)12-7-10-5-3-4-6-11(10)8-14(12)18/h3-9H,2,18H2,1H3. The van der Waals surface area contributed by atoms with Gasteiger partial charge in [-0.15, -0.1) is 0 Å². The number of anilines is 1. The number of nitrogens with zero attached hydrogens (tertiary/aromatic N) is 2. The Morgan fingerprint density at radius 2 is 1.95 bits per heavy atom. The first-order valence-corrected chi connectivity index (χ1v) is 7.04. The third-order valence-corrected chi connectivity index (χ3v) is 3.75. The van der Waals surface area contributed by atoms with E-state index in [-0.39, 0.29) is 5.78 Å². The molecule has 0 aliphatic rings. The molecule has 2 N–H and O–H groups in total. The molecule has 0 saturated carbocycles. The van der Waals surface area contributed by atoms with Crippen LogP contribution in [0.3, 0.4) is 0 Å². The van der Waals surface area contributed by atoms with Crippen molar-refractivity contribution in [3.8, 4) is 0 Å². The third-order valence-electron chi connectivity index (χ3n) is 3.47. The van der Waals surface area contributed by atoms with Crippen LogP contribution in [0.2, 0.25) is 5.02 Å². The monoisotopic (exact) mass is 299 g/mol. The van der Waals surface area contributed by atoms with Gasteiger partial charge in [-0.1, -0.05) is 35.9 Å². The van der Waals surface area contributed by atoms with Crippen LogP contribution in [-0.4, -0.2) is 15.6 Å². The molecule has 1 aromatic heterocycles. The van der Waals surface area contributed by atoms with E-state index in [2.05, 4.69) is 5.10 Å². The number of aromatic nitrogens is 2. The first kappa shape index (κ1) is 13.6. The van der Waals surface area contributed by atoms with E-state index in [0.29, 0.717) is 28.5 Å². The molecule has 0 bridgehead atoms. The molecule has 0 spiro atoms. The summed E-state index contributed by atoms with van der Waals surface area (Å²) in [7, 11) is 0. The summed E-state index contributed by atoms with van der Waals surface area (Å²) in [6.07, 6.45) is 1.48. The summed E-state index contributed by atoms with van der Waals surface area (Å²) in [6.45, 7) is 2.48. The lowest BCUT2D eigenvalue weighted by molar-refractivity contribution is 0.103. The molecule has 0 fully saturated rings. The zero-order valence-electron chi connectivity index (χ0n) is 11.5. The molecule has 3 aromatic rings. The summed E-state index contributed by atoms with van der Waals surface area (Å²) in [5.74, 6) is -0.206. The fraction of sp³-hybridized carbons (Fsp3) is 0.125. The van der Waals surface area contributed by atoms with Crippen LogP contribution in [0.1, 0.15) is 23.0 Å². The molecule has 0 radical (unpaired) electrons. The number of hydrogen-bond donors (Lipinski definition) is 1. The molecule has 0 unspecified atom stereocenters. The third kappa shape index (κ3) is 2.28. The van der Waals surface area contributed by atoms with Crippen molar-refractivity contribution in [1.82, 2.24) is 9.78 Å². The van der Waals surface area contributed by atoms with Gasteiger partial charge in [0.2, 0.25) is 5.78 Å². The Labute approximate surface area is 127 Å². The SMILES string of the molecule is CCn1ncc(Cl)c1C(=O)c1cc2ccccc2cc1N. The highest BCUT2D eigenvalue weighted by Crippen LogP contribution is 2.26. The summed E-state index contributed by atoms with van der Waals surface area (Å²) in [5.41, 5.74) is 7.31. The predicted molar refractivity (Wildman–Crippen MR) is 84.7 cm³/mol. The Balaban J connectivity index is 2.17. The Hall–Kier alpha value is -2.33. The minimum atomic E-state index is -0.206. The number of carbonyl (C=O) groups excluding carboxylic acids is 1. The number of hydrogen-bond acceptors (Lipinski definition) is 3. The summed E-state index contributed by atoms with van der Waals surface area (Å²) < 4.78 is 1.58. The number of nitrogens with two attached hydrogens (primary N) is 1.